The molecule has 1 nitrogen and oxygen atoms in total. The Bertz CT molecular complexity index is 373. The van der Waals surface area contributed by atoms with Crippen LogP contribution in [-0.2, 0) is 6.42 Å². The van der Waals surface area contributed by atoms with Gasteiger partial charge in [0.2, 0.25) is 0 Å². The molecule has 0 bridgehead atoms. The van der Waals surface area contributed by atoms with Gasteiger partial charge in [0.25, 0.3) is 0 Å². The molecule has 2 N–H and O–H groups in total. The summed E-state index contributed by atoms with van der Waals surface area (Å²) in [6.45, 7) is 4.52. The molecule has 0 radical (unpaired) electrons. The summed E-state index contributed by atoms with van der Waals surface area (Å²) in [5, 5.41) is 0. The highest BCUT2D eigenvalue weighted by atomic mass is 19.1. The second-order valence-corrected chi connectivity index (χ2v) is 5.82. The molecule has 0 spiro atoms. The molecule has 2 rings (SSSR count). The van der Waals surface area contributed by atoms with Gasteiger partial charge in [-0.25, -0.2) is 4.39 Å². The molecule has 94 valence electrons. The number of halogens is 1. The first-order valence-corrected chi connectivity index (χ1v) is 6.53. The maximum absolute atomic E-state index is 12.9. The Morgan fingerprint density at radius 1 is 1.24 bits per heavy atom. The van der Waals surface area contributed by atoms with E-state index in [-0.39, 0.29) is 11.4 Å². The second kappa shape index (κ2) is 4.77. The van der Waals surface area contributed by atoms with Gasteiger partial charge in [-0.3, -0.25) is 0 Å². The van der Waals surface area contributed by atoms with E-state index >= 15 is 0 Å². The van der Waals surface area contributed by atoms with Crippen molar-refractivity contribution < 1.29 is 4.39 Å². The highest BCUT2D eigenvalue weighted by Gasteiger charge is 2.36. The van der Waals surface area contributed by atoms with Gasteiger partial charge in [-0.2, -0.15) is 0 Å². The van der Waals surface area contributed by atoms with E-state index in [0.29, 0.717) is 11.8 Å². The lowest BCUT2D eigenvalue weighted by molar-refractivity contribution is 0.161. The van der Waals surface area contributed by atoms with Crippen LogP contribution in [-0.4, -0.2) is 5.54 Å². The van der Waals surface area contributed by atoms with E-state index < -0.39 is 0 Å². The van der Waals surface area contributed by atoms with Crippen molar-refractivity contribution in [1.29, 1.82) is 0 Å². The molecule has 1 aliphatic carbocycles. The van der Waals surface area contributed by atoms with Crippen molar-refractivity contribution in [3.05, 3.63) is 35.6 Å². The van der Waals surface area contributed by atoms with Crippen LogP contribution in [0.5, 0.6) is 0 Å². The Kier molecular flexibility index (Phi) is 3.53. The van der Waals surface area contributed by atoms with Gasteiger partial charge in [0, 0.05) is 5.54 Å². The Hall–Kier alpha value is -0.890. The molecular formula is C15H22FN. The van der Waals surface area contributed by atoms with Crippen molar-refractivity contribution in [2.75, 3.05) is 0 Å². The zero-order chi connectivity index (χ0) is 12.5. The minimum Gasteiger partial charge on any atom is -0.325 e. The van der Waals surface area contributed by atoms with Crippen molar-refractivity contribution in [2.24, 2.45) is 17.6 Å². The van der Waals surface area contributed by atoms with Crippen LogP contribution in [0.4, 0.5) is 4.39 Å². The number of benzene rings is 1. The molecular weight excluding hydrogens is 213 g/mol. The van der Waals surface area contributed by atoms with Crippen molar-refractivity contribution in [2.45, 2.75) is 45.1 Å². The monoisotopic (exact) mass is 235 g/mol. The molecule has 1 saturated carbocycles. The third-order valence-electron chi connectivity index (χ3n) is 4.25. The average Bonchev–Trinajstić information content (AvgIpc) is 2.27. The first-order valence-electron chi connectivity index (χ1n) is 6.53. The van der Waals surface area contributed by atoms with Crippen LogP contribution in [0.1, 0.15) is 38.7 Å². The van der Waals surface area contributed by atoms with Crippen LogP contribution in [0, 0.1) is 17.7 Å². The largest absolute Gasteiger partial charge is 0.325 e. The molecule has 1 aromatic carbocycles. The summed E-state index contributed by atoms with van der Waals surface area (Å²) in [6, 6.07) is 6.76. The highest BCUT2D eigenvalue weighted by Crippen LogP contribution is 2.37. The van der Waals surface area contributed by atoms with Crippen LogP contribution >= 0.6 is 0 Å². The number of nitrogens with two attached hydrogens (primary N) is 1. The fourth-order valence-corrected chi connectivity index (χ4v) is 3.00. The van der Waals surface area contributed by atoms with Gasteiger partial charge in [0.05, 0.1) is 0 Å². The molecule has 0 aromatic heterocycles. The molecule has 17 heavy (non-hydrogen) atoms. The zero-order valence-corrected chi connectivity index (χ0v) is 10.7. The van der Waals surface area contributed by atoms with Crippen LogP contribution in [0.2, 0.25) is 0 Å². The summed E-state index contributed by atoms with van der Waals surface area (Å²) in [5.74, 6) is 1.07. The smallest absolute Gasteiger partial charge is 0.123 e. The number of rotatable bonds is 2. The summed E-state index contributed by atoms with van der Waals surface area (Å²) in [4.78, 5) is 0. The third-order valence-corrected chi connectivity index (χ3v) is 4.25. The summed E-state index contributed by atoms with van der Waals surface area (Å²) in [5.41, 5.74) is 7.60. The van der Waals surface area contributed by atoms with Gasteiger partial charge in [-0.1, -0.05) is 32.4 Å². The first-order chi connectivity index (χ1) is 7.99. The molecule has 0 saturated heterocycles. The Labute approximate surface area is 103 Å². The molecule has 2 heteroatoms. The van der Waals surface area contributed by atoms with E-state index in [1.807, 2.05) is 12.1 Å². The highest BCUT2D eigenvalue weighted by molar-refractivity contribution is 5.19. The first kappa shape index (κ1) is 12.6. The molecule has 0 amide bonds. The van der Waals surface area contributed by atoms with Gasteiger partial charge in [0.15, 0.2) is 0 Å². The van der Waals surface area contributed by atoms with Crippen molar-refractivity contribution in [3.8, 4) is 0 Å². The van der Waals surface area contributed by atoms with Crippen molar-refractivity contribution in [1.82, 2.24) is 0 Å². The Balaban J connectivity index is 2.12. The molecule has 0 heterocycles. The van der Waals surface area contributed by atoms with Gasteiger partial charge < -0.3 is 5.73 Å². The third kappa shape index (κ3) is 2.86. The van der Waals surface area contributed by atoms with Gasteiger partial charge in [-0.15, -0.1) is 0 Å². The van der Waals surface area contributed by atoms with E-state index in [4.69, 9.17) is 5.73 Å². The zero-order valence-electron chi connectivity index (χ0n) is 10.7. The normalized spacial score (nSPS) is 33.6. The van der Waals surface area contributed by atoms with Crippen LogP contribution in [0.25, 0.3) is 0 Å². The van der Waals surface area contributed by atoms with Gasteiger partial charge in [0.1, 0.15) is 5.82 Å². The Morgan fingerprint density at radius 3 is 2.53 bits per heavy atom. The molecule has 1 aromatic rings. The maximum atomic E-state index is 12.9. The van der Waals surface area contributed by atoms with E-state index in [1.54, 1.807) is 0 Å². The standard InChI is InChI=1S/C15H22FN/c1-11-3-4-12(2)15(17,9-11)10-13-5-7-14(16)8-6-13/h5-8,11-12H,3-4,9-10,17H2,1-2H3. The lowest BCUT2D eigenvalue weighted by Crippen LogP contribution is -2.51. The number of hydrogen-bond donors (Lipinski definition) is 1. The molecule has 1 fully saturated rings. The van der Waals surface area contributed by atoms with E-state index in [9.17, 15) is 4.39 Å². The van der Waals surface area contributed by atoms with Gasteiger partial charge in [-0.05, 0) is 48.8 Å². The average molecular weight is 235 g/mol. The minimum absolute atomic E-state index is 0.116. The van der Waals surface area contributed by atoms with Crippen molar-refractivity contribution in [3.63, 3.8) is 0 Å². The lowest BCUT2D eigenvalue weighted by Gasteiger charge is -2.42. The SMILES string of the molecule is CC1CCC(C)C(N)(Cc2ccc(F)cc2)C1. The van der Waals surface area contributed by atoms with Crippen LogP contribution in [0.15, 0.2) is 24.3 Å². The molecule has 3 atom stereocenters. The predicted molar refractivity (Wildman–Crippen MR) is 69.2 cm³/mol. The van der Waals surface area contributed by atoms with Gasteiger partial charge >= 0.3 is 0 Å². The van der Waals surface area contributed by atoms with E-state index in [0.717, 1.165) is 18.4 Å². The van der Waals surface area contributed by atoms with Crippen LogP contribution < -0.4 is 5.73 Å². The minimum atomic E-state index is -0.176. The molecule has 0 aliphatic heterocycles. The second-order valence-electron chi connectivity index (χ2n) is 5.82. The summed E-state index contributed by atoms with van der Waals surface area (Å²) >= 11 is 0. The summed E-state index contributed by atoms with van der Waals surface area (Å²) < 4.78 is 12.9. The van der Waals surface area contributed by atoms with E-state index in [2.05, 4.69) is 13.8 Å². The summed E-state index contributed by atoms with van der Waals surface area (Å²) in [7, 11) is 0. The Morgan fingerprint density at radius 2 is 1.88 bits per heavy atom. The fourth-order valence-electron chi connectivity index (χ4n) is 3.00. The lowest BCUT2D eigenvalue weighted by atomic mass is 9.68. The molecule has 1 aliphatic rings. The van der Waals surface area contributed by atoms with Crippen LogP contribution in [0.3, 0.4) is 0 Å². The fraction of sp³-hybridized carbons (Fsp3) is 0.600. The maximum Gasteiger partial charge on any atom is 0.123 e. The number of hydrogen-bond acceptors (Lipinski definition) is 1. The summed E-state index contributed by atoms with van der Waals surface area (Å²) in [6.07, 6.45) is 4.42. The quantitative estimate of drug-likeness (QED) is 0.834. The predicted octanol–water partition coefficient (Wildman–Crippen LogP) is 3.52. The topological polar surface area (TPSA) is 26.0 Å². The van der Waals surface area contributed by atoms with Crippen molar-refractivity contribution >= 4 is 0 Å². The molecule has 3 unspecified atom stereocenters. The van der Waals surface area contributed by atoms with E-state index in [1.165, 1.54) is 25.0 Å².